The molecule has 0 radical (unpaired) electrons. The van der Waals surface area contributed by atoms with Crippen molar-refractivity contribution in [2.45, 2.75) is 184 Å². The van der Waals surface area contributed by atoms with Gasteiger partial charge in [-0.25, -0.2) is 4.79 Å². The van der Waals surface area contributed by atoms with Crippen molar-refractivity contribution < 1.29 is 77.9 Å². The minimum Gasteiger partial charge on any atom is -0.477 e. The molecule has 4 heterocycles. The molecule has 1 aromatic carbocycles. The Morgan fingerprint density at radius 3 is 2.28 bits per heavy atom. The van der Waals surface area contributed by atoms with Crippen molar-refractivity contribution in [1.82, 2.24) is 14.9 Å². The number of aromatic carboxylic acids is 1. The van der Waals surface area contributed by atoms with E-state index < -0.39 is 113 Å². The molecule has 4 aliphatic rings. The zero-order valence-electron chi connectivity index (χ0n) is 45.9. The van der Waals surface area contributed by atoms with Crippen LogP contribution in [0.1, 0.15) is 109 Å². The van der Waals surface area contributed by atoms with Crippen molar-refractivity contribution in [2.24, 2.45) is 22.9 Å². The number of aliphatic hydroxyl groups excluding tert-OH is 2. The van der Waals surface area contributed by atoms with Gasteiger partial charge in [-0.15, -0.1) is 0 Å². The average molecular weight is 1060 g/mol. The Bertz CT molecular complexity index is 2400. The van der Waals surface area contributed by atoms with Crippen LogP contribution in [0.2, 0.25) is 0 Å². The summed E-state index contributed by atoms with van der Waals surface area (Å²) in [4.78, 5) is 59.7. The summed E-state index contributed by atoms with van der Waals surface area (Å²) in [6, 6.07) is 5.07. The Morgan fingerprint density at radius 2 is 1.67 bits per heavy atom. The van der Waals surface area contributed by atoms with Gasteiger partial charge >= 0.3 is 17.9 Å². The zero-order chi connectivity index (χ0) is 55.5. The number of carbonyl (C=O) groups is 3. The fourth-order valence-corrected chi connectivity index (χ4v) is 11.4. The van der Waals surface area contributed by atoms with E-state index in [2.05, 4.69) is 10.5 Å². The number of oxime groups is 1. The number of rotatable bonds is 17. The Labute approximate surface area is 439 Å². The Hall–Kier alpha value is -4.33. The van der Waals surface area contributed by atoms with Gasteiger partial charge in [-0.2, -0.15) is 0 Å². The van der Waals surface area contributed by atoms with Gasteiger partial charge < -0.3 is 78.8 Å². The van der Waals surface area contributed by atoms with Crippen molar-refractivity contribution in [2.75, 3.05) is 60.5 Å². The predicted octanol–water partition coefficient (Wildman–Crippen LogP) is 2.32. The number of aliphatic hydroxyl groups is 4. The maximum atomic E-state index is 14.4. The van der Waals surface area contributed by atoms with Crippen LogP contribution in [-0.2, 0) is 54.0 Å². The van der Waals surface area contributed by atoms with Crippen molar-refractivity contribution in [3.63, 3.8) is 0 Å². The van der Waals surface area contributed by atoms with Gasteiger partial charge in [0.25, 0.3) is 0 Å². The molecule has 6 rings (SSSR count). The maximum Gasteiger partial charge on any atom is 0.341 e. The number of hydrogen-bond donors (Lipinski definition) is 6. The van der Waals surface area contributed by atoms with E-state index in [-0.39, 0.29) is 55.5 Å². The maximum absolute atomic E-state index is 14.4. The van der Waals surface area contributed by atoms with E-state index in [1.807, 2.05) is 32.0 Å². The van der Waals surface area contributed by atoms with E-state index in [4.69, 9.17) is 38.0 Å². The highest BCUT2D eigenvalue weighted by Crippen LogP contribution is 2.44. The second-order valence-corrected chi connectivity index (χ2v) is 22.1. The number of nitrogens with one attached hydrogen (secondary N) is 1. The minimum absolute atomic E-state index is 0.0273. The van der Waals surface area contributed by atoms with Crippen molar-refractivity contribution in [3.8, 4) is 0 Å². The van der Waals surface area contributed by atoms with Crippen LogP contribution in [-0.4, -0.2) is 198 Å². The molecule has 0 bridgehead atoms. The van der Waals surface area contributed by atoms with Crippen LogP contribution in [0.5, 0.6) is 0 Å². The molecule has 6 N–H and O–H groups in total. The molecule has 0 unspecified atom stereocenters. The standard InChI is InChI=1S/C53H83N5O17/c1-28-25-51(6,66)46(75-50-43(61)37(56(8)9)23-29(2)70-50)30(3)44(31(4)49(65)72-38-18-20-53(38,67)45(62)41(28)55-69-13)74-40-26-52(7,68-12)47(32(5)71-40)73-39(59)19-22-54-21-14-15-33-16-17-36-34(24-33)42(60)35(48(63)64)27-58(36)57(10)11/h16-17,24,27-32,37-38,40,43-47,50,54,61-62,66-67H,14-15,18-23,25-26H2,1-13H3,(H,63,64)/b55-41+/t28-,29-,30+,31-,32+,37+,38-,40+,43-,44+,45-,46-,47+,50+,51-,52-,53-/m1/s1. The van der Waals surface area contributed by atoms with Crippen LogP contribution in [0, 0.1) is 17.8 Å². The first kappa shape index (κ1) is 59.9. The number of methoxy groups -OCH3 is 1. The molecule has 422 valence electrons. The number of fused-ring (bicyclic) bond motifs is 2. The summed E-state index contributed by atoms with van der Waals surface area (Å²) in [5.41, 5.74) is -4.25. The van der Waals surface area contributed by atoms with E-state index >= 15 is 0 Å². The van der Waals surface area contributed by atoms with Gasteiger partial charge in [-0.05, 0) is 111 Å². The second kappa shape index (κ2) is 24.6. The average Bonchev–Trinajstić information content (AvgIpc) is 3.34. The molecule has 75 heavy (non-hydrogen) atoms. The first-order valence-electron chi connectivity index (χ1n) is 26.1. The topological polar surface area (TPSA) is 279 Å². The lowest BCUT2D eigenvalue weighted by Crippen LogP contribution is -2.64. The Kier molecular flexibility index (Phi) is 19.6. The van der Waals surface area contributed by atoms with E-state index in [1.54, 1.807) is 77.5 Å². The summed E-state index contributed by atoms with van der Waals surface area (Å²) in [6.07, 6.45) is -7.16. The summed E-state index contributed by atoms with van der Waals surface area (Å²) >= 11 is 0. The number of aromatic nitrogens is 1. The summed E-state index contributed by atoms with van der Waals surface area (Å²) < 4.78 is 46.0. The largest absolute Gasteiger partial charge is 0.477 e. The summed E-state index contributed by atoms with van der Waals surface area (Å²) in [5, 5.41) is 67.0. The molecule has 4 fully saturated rings. The number of carboxylic acid groups (broad SMARTS) is 1. The molecule has 1 aromatic heterocycles. The number of likely N-dealkylation sites (N-methyl/N-ethyl adjacent to an activating group) is 1. The molecule has 17 atom stereocenters. The normalized spacial score (nSPS) is 37.4. The summed E-state index contributed by atoms with van der Waals surface area (Å²) in [5.74, 6) is -5.27. The van der Waals surface area contributed by atoms with E-state index in [0.29, 0.717) is 43.3 Å². The Balaban J connectivity index is 1.16. The van der Waals surface area contributed by atoms with Crippen LogP contribution in [0.3, 0.4) is 0 Å². The highest BCUT2D eigenvalue weighted by atomic mass is 16.7. The molecule has 3 saturated heterocycles. The lowest BCUT2D eigenvalue weighted by Gasteiger charge is -2.49. The number of pyridine rings is 1. The molecule has 22 heteroatoms. The lowest BCUT2D eigenvalue weighted by molar-refractivity contribution is -0.318. The second-order valence-electron chi connectivity index (χ2n) is 22.1. The van der Waals surface area contributed by atoms with Crippen molar-refractivity contribution in [1.29, 1.82) is 0 Å². The molecule has 1 saturated carbocycles. The third-order valence-electron chi connectivity index (χ3n) is 15.9. The highest BCUT2D eigenvalue weighted by Gasteiger charge is 2.58. The molecule has 0 amide bonds. The molecular formula is C53H83N5O17. The summed E-state index contributed by atoms with van der Waals surface area (Å²) in [6.45, 7) is 12.8. The van der Waals surface area contributed by atoms with E-state index in [9.17, 15) is 44.7 Å². The number of nitrogens with zero attached hydrogens (tertiary/aromatic N) is 4. The first-order chi connectivity index (χ1) is 35.2. The third kappa shape index (κ3) is 13.2. The lowest BCUT2D eigenvalue weighted by atomic mass is 9.69. The smallest absolute Gasteiger partial charge is 0.341 e. The Morgan fingerprint density at radius 1 is 0.960 bits per heavy atom. The van der Waals surface area contributed by atoms with Gasteiger partial charge in [0.2, 0.25) is 5.43 Å². The van der Waals surface area contributed by atoms with Crippen LogP contribution in [0.15, 0.2) is 34.3 Å². The molecule has 1 aliphatic carbocycles. The van der Waals surface area contributed by atoms with Crippen molar-refractivity contribution >= 4 is 34.5 Å². The molecule has 0 spiro atoms. The van der Waals surface area contributed by atoms with Gasteiger partial charge in [0.05, 0.1) is 53.6 Å². The summed E-state index contributed by atoms with van der Waals surface area (Å²) in [7, 11) is 10.00. The van der Waals surface area contributed by atoms with Gasteiger partial charge in [-0.3, -0.25) is 19.1 Å². The third-order valence-corrected chi connectivity index (χ3v) is 15.9. The number of ether oxygens (including phenoxy) is 7. The first-order valence-corrected chi connectivity index (χ1v) is 26.1. The number of esters is 2. The quantitative estimate of drug-likeness (QED) is 0.0753. The molecule has 22 nitrogen and oxygen atoms in total. The number of carboxylic acids is 1. The van der Waals surface area contributed by atoms with E-state index in [0.717, 1.165) is 5.56 Å². The van der Waals surface area contributed by atoms with Crippen LogP contribution >= 0.6 is 0 Å². The minimum atomic E-state index is -1.90. The number of benzene rings is 1. The molecule has 3 aliphatic heterocycles. The highest BCUT2D eigenvalue weighted by molar-refractivity contribution is 5.93. The fourth-order valence-electron chi connectivity index (χ4n) is 11.4. The number of carbonyl (C=O) groups excluding carboxylic acids is 2. The van der Waals surface area contributed by atoms with Crippen LogP contribution in [0.4, 0.5) is 0 Å². The number of hydrogen-bond acceptors (Lipinski definition) is 20. The zero-order valence-corrected chi connectivity index (χ0v) is 45.9. The van der Waals surface area contributed by atoms with Gasteiger partial charge in [0, 0.05) is 63.6 Å². The SMILES string of the molecule is CO/N=C1\[C@H](C)C[C@@](C)(O)[C@H](O[C@@H]2O[C@H](C)C[C@H](N(C)C)[C@H]2O)[C@@H](C)[C@H](O[C@H]2C[C@@](C)(OC)[C@@H](OC(=O)CCNCCCc3ccc4c(c3)c(=O)c(C(=O)O)cn4N(C)C)[C@H](C)O2)[C@@H](C)C(=O)O[C@@H]2CC[C@]2(O)[C@@H]1O. The fraction of sp³-hybridized carbons (Fsp3) is 0.755. The number of aryl methyl sites for hydroxylation is 1. The predicted molar refractivity (Wildman–Crippen MR) is 275 cm³/mol. The monoisotopic (exact) mass is 1060 g/mol. The van der Waals surface area contributed by atoms with Gasteiger partial charge in [-0.1, -0.05) is 25.1 Å². The van der Waals surface area contributed by atoms with E-state index in [1.165, 1.54) is 20.4 Å². The van der Waals surface area contributed by atoms with Gasteiger partial charge in [0.15, 0.2) is 18.7 Å². The molecule has 2 aromatic rings. The molecular weight excluding hydrogens is 979 g/mol. The van der Waals surface area contributed by atoms with Crippen molar-refractivity contribution in [3.05, 3.63) is 45.7 Å². The van der Waals surface area contributed by atoms with Gasteiger partial charge in [0.1, 0.15) is 42.2 Å². The van der Waals surface area contributed by atoms with Crippen LogP contribution in [0.25, 0.3) is 10.9 Å². The van der Waals surface area contributed by atoms with Crippen LogP contribution < -0.4 is 15.8 Å².